The first-order valence-electron chi connectivity index (χ1n) is 7.95. The Bertz CT molecular complexity index is 565. The molecular weight excluding hydrogens is 298 g/mol. The van der Waals surface area contributed by atoms with Gasteiger partial charge in [-0.25, -0.2) is 9.97 Å². The summed E-state index contributed by atoms with van der Waals surface area (Å²) in [6, 6.07) is 0.247. The Balaban J connectivity index is 1.63. The smallest absolute Gasteiger partial charge is 0.316 e. The van der Waals surface area contributed by atoms with Crippen LogP contribution in [-0.2, 0) is 4.74 Å². The molecule has 0 bridgehead atoms. The van der Waals surface area contributed by atoms with Crippen LogP contribution in [0.15, 0.2) is 12.4 Å². The third-order valence-corrected chi connectivity index (χ3v) is 4.77. The van der Waals surface area contributed by atoms with Gasteiger partial charge in [-0.05, 0) is 26.2 Å². The van der Waals surface area contributed by atoms with Crippen molar-refractivity contribution in [1.82, 2.24) is 14.9 Å². The summed E-state index contributed by atoms with van der Waals surface area (Å²) < 4.78 is 10.9. The summed E-state index contributed by atoms with van der Waals surface area (Å²) in [5, 5.41) is 10.3. The van der Waals surface area contributed by atoms with Gasteiger partial charge in [0.25, 0.3) is 5.91 Å². The van der Waals surface area contributed by atoms with Crippen LogP contribution in [0.3, 0.4) is 0 Å². The Morgan fingerprint density at radius 1 is 1.30 bits per heavy atom. The average Bonchev–Trinajstić information content (AvgIpc) is 2.54. The Hall–Kier alpha value is -1.73. The summed E-state index contributed by atoms with van der Waals surface area (Å²) in [6.07, 6.45) is 5.76. The number of methoxy groups -OCH3 is 1. The van der Waals surface area contributed by atoms with E-state index in [4.69, 9.17) is 9.47 Å². The first-order valence-corrected chi connectivity index (χ1v) is 7.95. The number of ether oxygens (including phenoxy) is 2. The molecule has 1 atom stereocenters. The number of carbonyl (C=O) groups excluding carboxylic acids is 1. The fraction of sp³-hybridized carbons (Fsp3) is 0.688. The van der Waals surface area contributed by atoms with Gasteiger partial charge in [-0.15, -0.1) is 0 Å². The van der Waals surface area contributed by atoms with Crippen LogP contribution in [0.2, 0.25) is 0 Å². The van der Waals surface area contributed by atoms with E-state index >= 15 is 0 Å². The van der Waals surface area contributed by atoms with Crippen LogP contribution in [-0.4, -0.2) is 63.9 Å². The SMILES string of the molecule is COc1ncc(C(=O)N2CCC3(CC2)CC(C)(O)CCO3)cn1. The molecule has 1 aromatic rings. The standard InChI is InChI=1S/C16H23N3O4/c1-15(21)5-8-23-16(11-15)3-6-19(7-4-16)13(20)12-9-17-14(22-2)18-10-12/h9-10,21H,3-8,11H2,1-2H3. The Labute approximate surface area is 135 Å². The monoisotopic (exact) mass is 321 g/mol. The molecule has 1 N–H and O–H groups in total. The van der Waals surface area contributed by atoms with Gasteiger partial charge in [0, 0.05) is 31.9 Å². The highest BCUT2D eigenvalue weighted by atomic mass is 16.5. The molecule has 1 aromatic heterocycles. The van der Waals surface area contributed by atoms with Gasteiger partial charge in [-0.2, -0.15) is 0 Å². The van der Waals surface area contributed by atoms with Crippen molar-refractivity contribution in [1.29, 1.82) is 0 Å². The van der Waals surface area contributed by atoms with E-state index in [9.17, 15) is 9.90 Å². The summed E-state index contributed by atoms with van der Waals surface area (Å²) in [4.78, 5) is 22.3. The number of aliphatic hydroxyl groups is 1. The van der Waals surface area contributed by atoms with Gasteiger partial charge in [0.2, 0.25) is 0 Å². The molecular formula is C16H23N3O4. The van der Waals surface area contributed by atoms with Crippen LogP contribution in [0.5, 0.6) is 6.01 Å². The summed E-state index contributed by atoms with van der Waals surface area (Å²) in [7, 11) is 1.49. The number of likely N-dealkylation sites (tertiary alicyclic amines) is 1. The van der Waals surface area contributed by atoms with Crippen LogP contribution >= 0.6 is 0 Å². The van der Waals surface area contributed by atoms with E-state index in [1.165, 1.54) is 19.5 Å². The maximum atomic E-state index is 12.5. The van der Waals surface area contributed by atoms with Crippen LogP contribution in [0, 0.1) is 0 Å². The molecule has 23 heavy (non-hydrogen) atoms. The van der Waals surface area contributed by atoms with Crippen molar-refractivity contribution in [3.8, 4) is 6.01 Å². The zero-order valence-corrected chi connectivity index (χ0v) is 13.6. The van der Waals surface area contributed by atoms with E-state index in [0.717, 1.165) is 12.8 Å². The molecule has 2 fully saturated rings. The molecule has 2 aliphatic rings. The number of hydrogen-bond donors (Lipinski definition) is 1. The van der Waals surface area contributed by atoms with Gasteiger partial charge in [0.15, 0.2) is 0 Å². The molecule has 3 rings (SSSR count). The van der Waals surface area contributed by atoms with Crippen LogP contribution in [0.4, 0.5) is 0 Å². The number of aromatic nitrogens is 2. The average molecular weight is 321 g/mol. The quantitative estimate of drug-likeness (QED) is 0.875. The van der Waals surface area contributed by atoms with Crippen molar-refractivity contribution in [2.24, 2.45) is 0 Å². The Kier molecular flexibility index (Phi) is 4.25. The topological polar surface area (TPSA) is 84.8 Å². The lowest BCUT2D eigenvalue weighted by molar-refractivity contribution is -0.170. The number of nitrogens with zero attached hydrogens (tertiary/aromatic N) is 3. The van der Waals surface area contributed by atoms with Gasteiger partial charge in [0.1, 0.15) is 0 Å². The Morgan fingerprint density at radius 3 is 2.52 bits per heavy atom. The maximum Gasteiger partial charge on any atom is 0.316 e. The summed E-state index contributed by atoms with van der Waals surface area (Å²) in [5.74, 6) is -0.0786. The largest absolute Gasteiger partial charge is 0.467 e. The predicted molar refractivity (Wildman–Crippen MR) is 82.3 cm³/mol. The highest BCUT2D eigenvalue weighted by Gasteiger charge is 2.44. The molecule has 1 amide bonds. The molecule has 2 saturated heterocycles. The van der Waals surface area contributed by atoms with Gasteiger partial charge >= 0.3 is 6.01 Å². The lowest BCUT2D eigenvalue weighted by Crippen LogP contribution is -2.54. The third kappa shape index (κ3) is 3.45. The minimum atomic E-state index is -0.672. The van der Waals surface area contributed by atoms with Gasteiger partial charge < -0.3 is 19.5 Å². The lowest BCUT2D eigenvalue weighted by Gasteiger charge is -2.48. The molecule has 0 aliphatic carbocycles. The number of carbonyl (C=O) groups is 1. The van der Waals surface area contributed by atoms with E-state index in [2.05, 4.69) is 9.97 Å². The molecule has 7 nitrogen and oxygen atoms in total. The second-order valence-corrected chi connectivity index (χ2v) is 6.71. The van der Waals surface area contributed by atoms with Gasteiger partial charge in [-0.1, -0.05) is 0 Å². The van der Waals surface area contributed by atoms with Crippen LogP contribution < -0.4 is 4.74 Å². The molecule has 0 aromatic carbocycles. The molecule has 0 saturated carbocycles. The summed E-state index contributed by atoms with van der Waals surface area (Å²) in [6.45, 7) is 3.67. The van der Waals surface area contributed by atoms with Gasteiger partial charge in [0.05, 0.1) is 30.5 Å². The summed E-state index contributed by atoms with van der Waals surface area (Å²) in [5.41, 5.74) is -0.512. The van der Waals surface area contributed by atoms with Crippen molar-refractivity contribution < 1.29 is 19.4 Å². The molecule has 1 unspecified atom stereocenters. The minimum Gasteiger partial charge on any atom is -0.467 e. The van der Waals surface area contributed by atoms with Crippen molar-refractivity contribution in [3.05, 3.63) is 18.0 Å². The fourth-order valence-corrected chi connectivity index (χ4v) is 3.47. The van der Waals surface area contributed by atoms with Gasteiger partial charge in [-0.3, -0.25) is 4.79 Å². The molecule has 2 aliphatic heterocycles. The normalized spacial score (nSPS) is 27.0. The van der Waals surface area contributed by atoms with Crippen LogP contribution in [0.1, 0.15) is 43.0 Å². The molecule has 7 heteroatoms. The first kappa shape index (κ1) is 16.1. The van der Waals surface area contributed by atoms with Crippen molar-refractivity contribution >= 4 is 5.91 Å². The van der Waals surface area contributed by atoms with Crippen LogP contribution in [0.25, 0.3) is 0 Å². The summed E-state index contributed by atoms with van der Waals surface area (Å²) >= 11 is 0. The second-order valence-electron chi connectivity index (χ2n) is 6.71. The Morgan fingerprint density at radius 2 is 1.96 bits per heavy atom. The van der Waals surface area contributed by atoms with Crippen molar-refractivity contribution in [2.75, 3.05) is 26.8 Å². The number of amides is 1. The first-order chi connectivity index (χ1) is 10.9. The molecule has 1 spiro atoms. The highest BCUT2D eigenvalue weighted by molar-refractivity contribution is 5.93. The third-order valence-electron chi connectivity index (χ3n) is 4.77. The van der Waals surface area contributed by atoms with E-state index in [1.807, 2.05) is 6.92 Å². The lowest BCUT2D eigenvalue weighted by atomic mass is 9.78. The van der Waals surface area contributed by atoms with E-state index in [-0.39, 0.29) is 17.5 Å². The van der Waals surface area contributed by atoms with E-state index < -0.39 is 5.60 Å². The zero-order valence-electron chi connectivity index (χ0n) is 13.6. The van der Waals surface area contributed by atoms with Crippen molar-refractivity contribution in [3.63, 3.8) is 0 Å². The fourth-order valence-electron chi connectivity index (χ4n) is 3.47. The molecule has 126 valence electrons. The minimum absolute atomic E-state index is 0.0786. The van der Waals surface area contributed by atoms with E-state index in [1.54, 1.807) is 4.90 Å². The zero-order chi connectivity index (χ0) is 16.5. The van der Waals surface area contributed by atoms with Crippen molar-refractivity contribution in [2.45, 2.75) is 43.8 Å². The number of hydrogen-bond acceptors (Lipinski definition) is 6. The van der Waals surface area contributed by atoms with E-state index in [0.29, 0.717) is 38.1 Å². The highest BCUT2D eigenvalue weighted by Crippen LogP contribution is 2.39. The maximum absolute atomic E-state index is 12.5. The number of rotatable bonds is 2. The predicted octanol–water partition coefficient (Wildman–Crippen LogP) is 1.02. The number of piperidine rings is 1. The molecule has 3 heterocycles. The molecule has 0 radical (unpaired) electrons. The second kappa shape index (κ2) is 6.05.